The van der Waals surface area contributed by atoms with E-state index in [1.807, 2.05) is 6.92 Å². The Morgan fingerprint density at radius 2 is 1.71 bits per heavy atom. The maximum atomic E-state index is 11.9. The van der Waals surface area contributed by atoms with Crippen LogP contribution in [0.25, 0.3) is 0 Å². The van der Waals surface area contributed by atoms with Gasteiger partial charge in [-0.1, -0.05) is 12.1 Å². The topological polar surface area (TPSA) is 117 Å². The number of carbonyl (C=O) groups is 2. The summed E-state index contributed by atoms with van der Waals surface area (Å²) in [4.78, 5) is 34.2. The highest BCUT2D eigenvalue weighted by Gasteiger charge is 2.17. The SMILES string of the molecule is COc1cc(C)ccc1OCC(=O)OCC(=O)Nc1ccc(C)cc1[N+](=O)[O-]. The Bertz CT molecular complexity index is 896. The lowest BCUT2D eigenvalue weighted by Crippen LogP contribution is -2.24. The summed E-state index contributed by atoms with van der Waals surface area (Å²) in [5.41, 5.74) is 1.43. The molecule has 0 heterocycles. The second kappa shape index (κ2) is 9.36. The molecule has 0 atom stereocenters. The minimum atomic E-state index is -0.767. The normalized spacial score (nSPS) is 10.1. The van der Waals surface area contributed by atoms with Gasteiger partial charge in [0.05, 0.1) is 12.0 Å². The molecule has 0 saturated carbocycles. The Balaban J connectivity index is 1.86. The van der Waals surface area contributed by atoms with Crippen molar-refractivity contribution in [1.82, 2.24) is 0 Å². The first-order valence-corrected chi connectivity index (χ1v) is 8.28. The summed E-state index contributed by atoms with van der Waals surface area (Å²) in [6.45, 7) is 2.57. The van der Waals surface area contributed by atoms with Gasteiger partial charge in [0.1, 0.15) is 5.69 Å². The Morgan fingerprint density at radius 1 is 1.04 bits per heavy atom. The van der Waals surface area contributed by atoms with Gasteiger partial charge in [0.15, 0.2) is 24.7 Å². The molecule has 0 radical (unpaired) electrons. The smallest absolute Gasteiger partial charge is 0.344 e. The highest BCUT2D eigenvalue weighted by Crippen LogP contribution is 2.28. The summed E-state index contributed by atoms with van der Waals surface area (Å²) in [6.07, 6.45) is 0. The van der Waals surface area contributed by atoms with E-state index in [-0.39, 0.29) is 11.4 Å². The van der Waals surface area contributed by atoms with Crippen LogP contribution in [0.2, 0.25) is 0 Å². The van der Waals surface area contributed by atoms with Crippen LogP contribution in [0.15, 0.2) is 36.4 Å². The molecule has 0 bridgehead atoms. The van der Waals surface area contributed by atoms with Gasteiger partial charge in [-0.15, -0.1) is 0 Å². The Kier molecular flexibility index (Phi) is 6.91. The third-order valence-electron chi connectivity index (χ3n) is 3.65. The van der Waals surface area contributed by atoms with E-state index in [2.05, 4.69) is 5.32 Å². The van der Waals surface area contributed by atoms with Crippen LogP contribution in [0.4, 0.5) is 11.4 Å². The molecule has 0 fully saturated rings. The third-order valence-corrected chi connectivity index (χ3v) is 3.65. The second-order valence-electron chi connectivity index (χ2n) is 5.93. The van der Waals surface area contributed by atoms with Gasteiger partial charge in [-0.2, -0.15) is 0 Å². The summed E-state index contributed by atoms with van der Waals surface area (Å²) in [5.74, 6) is -0.633. The number of nitro groups is 1. The number of benzene rings is 2. The summed E-state index contributed by atoms with van der Waals surface area (Å²) in [6, 6.07) is 9.58. The maximum Gasteiger partial charge on any atom is 0.344 e. The fourth-order valence-electron chi connectivity index (χ4n) is 2.30. The summed E-state index contributed by atoms with van der Waals surface area (Å²) >= 11 is 0. The first-order valence-electron chi connectivity index (χ1n) is 8.28. The number of aryl methyl sites for hydroxylation is 2. The number of nitrogens with zero attached hydrogens (tertiary/aromatic N) is 1. The Morgan fingerprint density at radius 3 is 2.39 bits per heavy atom. The van der Waals surface area contributed by atoms with Crippen molar-refractivity contribution in [3.05, 3.63) is 57.6 Å². The minimum Gasteiger partial charge on any atom is -0.493 e. The van der Waals surface area contributed by atoms with Crippen LogP contribution < -0.4 is 14.8 Å². The largest absolute Gasteiger partial charge is 0.493 e. The number of ether oxygens (including phenoxy) is 3. The van der Waals surface area contributed by atoms with Gasteiger partial charge in [-0.05, 0) is 43.2 Å². The maximum absolute atomic E-state index is 11.9. The molecule has 1 amide bonds. The van der Waals surface area contributed by atoms with E-state index in [1.165, 1.54) is 19.2 Å². The zero-order valence-corrected chi connectivity index (χ0v) is 15.7. The zero-order chi connectivity index (χ0) is 20.7. The number of anilines is 1. The fraction of sp³-hybridized carbons (Fsp3) is 0.263. The number of esters is 1. The van der Waals surface area contributed by atoms with Crippen LogP contribution in [0.3, 0.4) is 0 Å². The number of nitro benzene ring substituents is 1. The molecule has 9 nitrogen and oxygen atoms in total. The molecule has 0 unspecified atom stereocenters. The third kappa shape index (κ3) is 5.70. The van der Waals surface area contributed by atoms with E-state index in [4.69, 9.17) is 14.2 Å². The van der Waals surface area contributed by atoms with Gasteiger partial charge in [-0.3, -0.25) is 14.9 Å². The molecular weight excluding hydrogens is 368 g/mol. The van der Waals surface area contributed by atoms with E-state index in [0.717, 1.165) is 5.56 Å². The molecule has 2 aromatic carbocycles. The molecule has 0 aromatic heterocycles. The average Bonchev–Trinajstić information content (AvgIpc) is 2.66. The van der Waals surface area contributed by atoms with Crippen molar-refractivity contribution in [3.8, 4) is 11.5 Å². The highest BCUT2D eigenvalue weighted by molar-refractivity contribution is 5.95. The molecule has 2 rings (SSSR count). The lowest BCUT2D eigenvalue weighted by molar-refractivity contribution is -0.384. The van der Waals surface area contributed by atoms with Crippen LogP contribution >= 0.6 is 0 Å². The number of nitrogens with one attached hydrogen (secondary N) is 1. The first kappa shape index (κ1) is 20.7. The van der Waals surface area contributed by atoms with Gasteiger partial charge in [0.2, 0.25) is 0 Å². The summed E-state index contributed by atoms with van der Waals surface area (Å²) in [7, 11) is 1.48. The van der Waals surface area contributed by atoms with Crippen LogP contribution in [0, 0.1) is 24.0 Å². The van der Waals surface area contributed by atoms with E-state index >= 15 is 0 Å². The van der Waals surface area contributed by atoms with Crippen molar-refractivity contribution in [1.29, 1.82) is 0 Å². The van der Waals surface area contributed by atoms with Crippen molar-refractivity contribution in [2.75, 3.05) is 25.6 Å². The lowest BCUT2D eigenvalue weighted by atomic mass is 10.2. The monoisotopic (exact) mass is 388 g/mol. The number of methoxy groups -OCH3 is 1. The number of hydrogen-bond acceptors (Lipinski definition) is 7. The summed E-state index contributed by atoms with van der Waals surface area (Å²) in [5, 5.41) is 13.4. The lowest BCUT2D eigenvalue weighted by Gasteiger charge is -2.11. The second-order valence-corrected chi connectivity index (χ2v) is 5.93. The van der Waals surface area contributed by atoms with E-state index in [9.17, 15) is 19.7 Å². The average molecular weight is 388 g/mol. The number of amides is 1. The molecule has 9 heteroatoms. The van der Waals surface area contributed by atoms with Crippen molar-refractivity contribution in [2.45, 2.75) is 13.8 Å². The Hall–Kier alpha value is -3.62. The number of rotatable bonds is 8. The molecular formula is C19H20N2O7. The molecule has 0 saturated heterocycles. The van der Waals surface area contributed by atoms with E-state index in [1.54, 1.807) is 31.2 Å². The molecule has 0 aliphatic heterocycles. The van der Waals surface area contributed by atoms with Crippen LogP contribution in [0.5, 0.6) is 11.5 Å². The fourth-order valence-corrected chi connectivity index (χ4v) is 2.30. The molecule has 1 N–H and O–H groups in total. The van der Waals surface area contributed by atoms with Crippen molar-refractivity contribution < 1.29 is 28.7 Å². The van der Waals surface area contributed by atoms with Gasteiger partial charge in [0, 0.05) is 6.07 Å². The van der Waals surface area contributed by atoms with Crippen LogP contribution in [0.1, 0.15) is 11.1 Å². The summed E-state index contributed by atoms with van der Waals surface area (Å²) < 4.78 is 15.3. The highest BCUT2D eigenvalue weighted by atomic mass is 16.6. The molecule has 148 valence electrons. The zero-order valence-electron chi connectivity index (χ0n) is 15.7. The Labute approximate surface area is 161 Å². The van der Waals surface area contributed by atoms with Crippen LogP contribution in [-0.4, -0.2) is 37.1 Å². The van der Waals surface area contributed by atoms with Gasteiger partial charge >= 0.3 is 5.97 Å². The quantitative estimate of drug-likeness (QED) is 0.420. The van der Waals surface area contributed by atoms with E-state index in [0.29, 0.717) is 17.1 Å². The van der Waals surface area contributed by atoms with Crippen molar-refractivity contribution in [2.24, 2.45) is 0 Å². The predicted molar refractivity (Wildman–Crippen MR) is 101 cm³/mol. The number of carbonyl (C=O) groups excluding carboxylic acids is 2. The predicted octanol–water partition coefficient (Wildman–Crippen LogP) is 2.78. The standard InChI is InChI=1S/C19H20N2O7/c1-12-4-6-14(15(8-12)21(24)25)20-18(22)10-28-19(23)11-27-16-7-5-13(2)9-17(16)26-3/h4-9H,10-11H2,1-3H3,(H,20,22). The molecule has 28 heavy (non-hydrogen) atoms. The minimum absolute atomic E-state index is 0.0253. The number of hydrogen-bond donors (Lipinski definition) is 1. The molecule has 0 spiro atoms. The van der Waals surface area contributed by atoms with Crippen molar-refractivity contribution >= 4 is 23.3 Å². The van der Waals surface area contributed by atoms with Gasteiger partial charge in [0.25, 0.3) is 11.6 Å². The first-order chi connectivity index (χ1) is 13.3. The molecule has 2 aromatic rings. The van der Waals surface area contributed by atoms with E-state index < -0.39 is 30.0 Å². The molecule has 0 aliphatic rings. The van der Waals surface area contributed by atoms with Gasteiger partial charge < -0.3 is 19.5 Å². The van der Waals surface area contributed by atoms with Crippen molar-refractivity contribution in [3.63, 3.8) is 0 Å². The van der Waals surface area contributed by atoms with Gasteiger partial charge in [-0.25, -0.2) is 4.79 Å². The molecule has 0 aliphatic carbocycles. The van der Waals surface area contributed by atoms with Crippen LogP contribution in [-0.2, 0) is 14.3 Å².